The summed E-state index contributed by atoms with van der Waals surface area (Å²) in [5.41, 5.74) is 1.20. The van der Waals surface area contributed by atoms with Gasteiger partial charge in [-0.15, -0.1) is 0 Å². The van der Waals surface area contributed by atoms with E-state index in [4.69, 9.17) is 4.74 Å². The molecule has 0 aliphatic rings. The Balaban J connectivity index is 2.19. The first kappa shape index (κ1) is 40.4. The lowest BCUT2D eigenvalue weighted by Gasteiger charge is -2.32. The number of carbonyl (C=O) groups is 2. The van der Waals surface area contributed by atoms with Gasteiger partial charge in [0, 0.05) is 18.4 Å². The molecule has 0 unspecified atom stereocenters. The summed E-state index contributed by atoms with van der Waals surface area (Å²) in [7, 11) is 0. The highest BCUT2D eigenvalue weighted by Gasteiger charge is 2.31. The van der Waals surface area contributed by atoms with Gasteiger partial charge in [0.2, 0.25) is 11.8 Å². The van der Waals surface area contributed by atoms with Crippen molar-refractivity contribution < 1.29 is 14.3 Å². The molecule has 5 nitrogen and oxygen atoms in total. The Kier molecular flexibility index (Phi) is 20.8. The molecule has 1 rings (SSSR count). The van der Waals surface area contributed by atoms with E-state index in [9.17, 15) is 9.59 Å². The molecule has 2 N–H and O–H groups in total. The van der Waals surface area contributed by atoms with Crippen LogP contribution in [0.15, 0.2) is 91.1 Å². The lowest BCUT2D eigenvalue weighted by molar-refractivity contribution is -0.132. The molecule has 0 fully saturated rings. The van der Waals surface area contributed by atoms with E-state index in [2.05, 4.69) is 110 Å². The lowest BCUT2D eigenvalue weighted by Crippen LogP contribution is -2.54. The topological polar surface area (TPSA) is 67.4 Å². The Bertz CT molecular complexity index is 1200. The standard InChI is InChI=1S/C41H62N2O3/c1-8-9-10-11-12-13-14-15-16-17-18-19-20-21-22-23-24-25-26-28-38(44)42-34-41(6,7)43-39(45)40(4,5)31-27-32-46-37-33-35(2)29-30-36(37)3/h9-10,12-13,15-16,18-19,21-22,24-25,29-30,33H,8,11,14,17,20,23,26-28,31-32,34H2,1-7H3,(H,42,44)(H,43,45). The van der Waals surface area contributed by atoms with Gasteiger partial charge in [-0.3, -0.25) is 9.59 Å². The molecule has 46 heavy (non-hydrogen) atoms. The van der Waals surface area contributed by atoms with E-state index in [0.29, 0.717) is 32.4 Å². The van der Waals surface area contributed by atoms with Crippen LogP contribution in [0.25, 0.3) is 0 Å². The zero-order valence-electron chi connectivity index (χ0n) is 29.9. The molecule has 1 aromatic carbocycles. The van der Waals surface area contributed by atoms with Crippen molar-refractivity contribution >= 4 is 11.8 Å². The fourth-order valence-corrected chi connectivity index (χ4v) is 4.46. The van der Waals surface area contributed by atoms with Crippen LogP contribution < -0.4 is 15.4 Å². The third-order valence-corrected chi connectivity index (χ3v) is 7.48. The van der Waals surface area contributed by atoms with E-state index in [0.717, 1.165) is 56.3 Å². The number of amides is 2. The van der Waals surface area contributed by atoms with Crippen LogP contribution in [0.2, 0.25) is 0 Å². The molecule has 2 amide bonds. The molecule has 254 valence electrons. The fraction of sp³-hybridized carbons (Fsp3) is 0.512. The molecular weight excluding hydrogens is 568 g/mol. The van der Waals surface area contributed by atoms with Crippen molar-refractivity contribution in [3.63, 3.8) is 0 Å². The van der Waals surface area contributed by atoms with Crippen molar-refractivity contribution in [2.24, 2.45) is 5.41 Å². The van der Waals surface area contributed by atoms with Gasteiger partial charge in [-0.05, 0) is 103 Å². The van der Waals surface area contributed by atoms with Gasteiger partial charge < -0.3 is 15.4 Å². The number of hydrogen-bond acceptors (Lipinski definition) is 3. The van der Waals surface area contributed by atoms with Crippen molar-refractivity contribution in [2.75, 3.05) is 13.2 Å². The lowest BCUT2D eigenvalue weighted by atomic mass is 9.85. The molecule has 5 heteroatoms. The van der Waals surface area contributed by atoms with E-state index in [1.54, 1.807) is 0 Å². The first-order valence-corrected chi connectivity index (χ1v) is 17.2. The van der Waals surface area contributed by atoms with Crippen LogP contribution >= 0.6 is 0 Å². The molecule has 0 radical (unpaired) electrons. The summed E-state index contributed by atoms with van der Waals surface area (Å²) in [6.45, 7) is 15.0. The maximum atomic E-state index is 13.1. The SMILES string of the molecule is CCC=CCC=CCC=CCC=CCC=CCC=CCCC(=O)NCC(C)(C)NC(=O)C(C)(C)CCCOc1cc(C)ccc1C. The summed E-state index contributed by atoms with van der Waals surface area (Å²) in [5, 5.41) is 6.11. The number of carbonyl (C=O) groups excluding carboxylic acids is 2. The summed E-state index contributed by atoms with van der Waals surface area (Å²) in [4.78, 5) is 25.4. The Morgan fingerprint density at radius 2 is 1.28 bits per heavy atom. The summed E-state index contributed by atoms with van der Waals surface area (Å²) in [6, 6.07) is 6.19. The third-order valence-electron chi connectivity index (χ3n) is 7.48. The smallest absolute Gasteiger partial charge is 0.226 e. The summed E-state index contributed by atoms with van der Waals surface area (Å²) < 4.78 is 5.97. The molecule has 0 atom stereocenters. The van der Waals surface area contributed by atoms with Gasteiger partial charge in [0.15, 0.2) is 0 Å². The second-order valence-electron chi connectivity index (χ2n) is 13.2. The van der Waals surface area contributed by atoms with Crippen molar-refractivity contribution in [1.82, 2.24) is 10.6 Å². The number of hydrogen-bond donors (Lipinski definition) is 2. The molecular formula is C41H62N2O3. The number of ether oxygens (including phenoxy) is 1. The first-order valence-electron chi connectivity index (χ1n) is 17.2. The second-order valence-corrected chi connectivity index (χ2v) is 13.2. The third kappa shape index (κ3) is 20.4. The van der Waals surface area contributed by atoms with Crippen LogP contribution in [-0.4, -0.2) is 30.5 Å². The summed E-state index contributed by atoms with van der Waals surface area (Å²) >= 11 is 0. The van der Waals surface area contributed by atoms with Crippen molar-refractivity contribution in [3.05, 3.63) is 102 Å². The highest BCUT2D eigenvalue weighted by Crippen LogP contribution is 2.25. The monoisotopic (exact) mass is 630 g/mol. The van der Waals surface area contributed by atoms with Crippen LogP contribution in [0.3, 0.4) is 0 Å². The molecule has 1 aromatic rings. The summed E-state index contributed by atoms with van der Waals surface area (Å²) in [6.07, 6.45) is 34.6. The number of rotatable bonds is 23. The minimum absolute atomic E-state index is 0.00953. The van der Waals surface area contributed by atoms with Crippen LogP contribution in [0.1, 0.15) is 110 Å². The van der Waals surface area contributed by atoms with E-state index >= 15 is 0 Å². The first-order chi connectivity index (χ1) is 22.0. The average molecular weight is 631 g/mol. The van der Waals surface area contributed by atoms with Crippen LogP contribution in [0.5, 0.6) is 5.75 Å². The zero-order valence-corrected chi connectivity index (χ0v) is 29.9. The molecule has 0 aliphatic heterocycles. The number of aryl methyl sites for hydroxylation is 2. The predicted octanol–water partition coefficient (Wildman–Crippen LogP) is 9.98. The number of nitrogens with one attached hydrogen (secondary N) is 2. The minimum atomic E-state index is -0.548. The van der Waals surface area contributed by atoms with Gasteiger partial charge in [0.25, 0.3) is 0 Å². The quantitative estimate of drug-likeness (QED) is 0.0934. The maximum Gasteiger partial charge on any atom is 0.226 e. The minimum Gasteiger partial charge on any atom is -0.493 e. The second kappa shape index (κ2) is 23.7. The Hall–Kier alpha value is -3.60. The van der Waals surface area contributed by atoms with Gasteiger partial charge in [-0.2, -0.15) is 0 Å². The fourth-order valence-electron chi connectivity index (χ4n) is 4.46. The molecule has 0 aromatic heterocycles. The number of benzene rings is 1. The van der Waals surface area contributed by atoms with E-state index in [1.165, 1.54) is 5.56 Å². The Morgan fingerprint density at radius 3 is 1.83 bits per heavy atom. The molecule has 0 saturated heterocycles. The zero-order chi connectivity index (χ0) is 34.1. The van der Waals surface area contributed by atoms with Gasteiger partial charge in [-0.1, -0.05) is 106 Å². The van der Waals surface area contributed by atoms with Crippen molar-refractivity contribution in [2.45, 2.75) is 118 Å². The van der Waals surface area contributed by atoms with E-state index in [1.807, 2.05) is 40.7 Å². The molecule has 0 spiro atoms. The highest BCUT2D eigenvalue weighted by molar-refractivity contribution is 5.82. The Morgan fingerprint density at radius 1 is 0.761 bits per heavy atom. The van der Waals surface area contributed by atoms with Gasteiger partial charge in [0.1, 0.15) is 5.75 Å². The van der Waals surface area contributed by atoms with Gasteiger partial charge in [0.05, 0.1) is 12.1 Å². The molecule has 0 aliphatic carbocycles. The van der Waals surface area contributed by atoms with Crippen molar-refractivity contribution in [1.29, 1.82) is 0 Å². The largest absolute Gasteiger partial charge is 0.493 e. The molecule has 0 heterocycles. The Labute approximate surface area is 281 Å². The van der Waals surface area contributed by atoms with Crippen LogP contribution in [-0.2, 0) is 9.59 Å². The van der Waals surface area contributed by atoms with E-state index in [-0.39, 0.29) is 11.8 Å². The number of allylic oxidation sites excluding steroid dienone is 12. The summed E-state index contributed by atoms with van der Waals surface area (Å²) in [5.74, 6) is 0.876. The molecule has 0 saturated carbocycles. The van der Waals surface area contributed by atoms with E-state index < -0.39 is 11.0 Å². The molecule has 0 bridgehead atoms. The predicted molar refractivity (Wildman–Crippen MR) is 197 cm³/mol. The van der Waals surface area contributed by atoms with Crippen molar-refractivity contribution in [3.8, 4) is 5.75 Å². The highest BCUT2D eigenvalue weighted by atomic mass is 16.5. The van der Waals surface area contributed by atoms with Gasteiger partial charge in [-0.25, -0.2) is 0 Å². The maximum absolute atomic E-state index is 13.1. The van der Waals surface area contributed by atoms with Crippen LogP contribution in [0, 0.1) is 19.3 Å². The van der Waals surface area contributed by atoms with Gasteiger partial charge >= 0.3 is 0 Å². The normalized spacial score (nSPS) is 12.9. The van der Waals surface area contributed by atoms with Crippen LogP contribution in [0.4, 0.5) is 0 Å². The average Bonchev–Trinajstić information content (AvgIpc) is 3.01.